The molecule has 1 saturated heterocycles. The van der Waals surface area contributed by atoms with Gasteiger partial charge in [0.1, 0.15) is 11.8 Å². The van der Waals surface area contributed by atoms with E-state index in [2.05, 4.69) is 16.4 Å². The van der Waals surface area contributed by atoms with Crippen LogP contribution in [0.1, 0.15) is 65.7 Å². The second-order valence-corrected chi connectivity index (χ2v) is 9.43. The molecule has 2 fully saturated rings. The fourth-order valence-electron chi connectivity index (χ4n) is 4.72. The van der Waals surface area contributed by atoms with Gasteiger partial charge in [-0.2, -0.15) is 5.26 Å². The Bertz CT molecular complexity index is 1240. The topological polar surface area (TPSA) is 106 Å². The third kappa shape index (κ3) is 5.40. The highest BCUT2D eigenvalue weighted by atomic mass is 35.5. The van der Waals surface area contributed by atoms with Crippen LogP contribution in [-0.4, -0.2) is 34.8 Å². The van der Waals surface area contributed by atoms with Gasteiger partial charge in [0.15, 0.2) is 0 Å². The van der Waals surface area contributed by atoms with Gasteiger partial charge in [-0.05, 0) is 61.9 Å². The molecule has 2 N–H and O–H groups in total. The number of aromatic amines is 1. The number of aromatic nitrogens is 1. The van der Waals surface area contributed by atoms with Crippen LogP contribution in [-0.2, 0) is 4.79 Å². The van der Waals surface area contributed by atoms with Crippen molar-refractivity contribution in [3.05, 3.63) is 67.6 Å². The lowest BCUT2D eigenvalue weighted by Gasteiger charge is -2.30. The molecule has 0 spiro atoms. The average molecular weight is 479 g/mol. The van der Waals surface area contributed by atoms with E-state index >= 15 is 0 Å². The van der Waals surface area contributed by atoms with Crippen LogP contribution < -0.4 is 10.9 Å². The van der Waals surface area contributed by atoms with E-state index in [0.717, 1.165) is 68.8 Å². The number of carbonyl (C=O) groups excluding carboxylic acids is 2. The van der Waals surface area contributed by atoms with E-state index in [9.17, 15) is 14.4 Å². The number of likely N-dealkylation sites (tertiary alicyclic amines) is 1. The molecule has 2 amide bonds. The number of amides is 2. The summed E-state index contributed by atoms with van der Waals surface area (Å²) in [5, 5.41) is 12.3. The summed E-state index contributed by atoms with van der Waals surface area (Å²) in [6, 6.07) is 7.85. The molecule has 2 heterocycles. The molecule has 0 bridgehead atoms. The van der Waals surface area contributed by atoms with Crippen molar-refractivity contribution in [1.29, 1.82) is 5.26 Å². The van der Waals surface area contributed by atoms with Gasteiger partial charge in [0.25, 0.3) is 5.91 Å². The Labute approximate surface area is 203 Å². The predicted molar refractivity (Wildman–Crippen MR) is 132 cm³/mol. The number of nitrogens with one attached hydrogen (secondary N) is 2. The second-order valence-electron chi connectivity index (χ2n) is 8.99. The number of rotatable bonds is 4. The maximum Gasteiger partial charge on any atom is 0.255 e. The molecule has 0 radical (unpaired) electrons. The minimum atomic E-state index is -0.518. The van der Waals surface area contributed by atoms with Crippen LogP contribution in [0.4, 0.5) is 5.69 Å². The molecule has 0 atom stereocenters. The molecule has 1 aliphatic heterocycles. The summed E-state index contributed by atoms with van der Waals surface area (Å²) in [6.07, 6.45) is 8.07. The molecule has 1 aliphatic carbocycles. The molecule has 1 aromatic carbocycles. The minimum Gasteiger partial charge on any atom is -0.342 e. The van der Waals surface area contributed by atoms with Crippen LogP contribution in [0.3, 0.4) is 0 Å². The van der Waals surface area contributed by atoms with E-state index in [0.29, 0.717) is 16.6 Å². The predicted octanol–water partition coefficient (Wildman–Crippen LogP) is 4.66. The van der Waals surface area contributed by atoms with E-state index < -0.39 is 11.5 Å². The van der Waals surface area contributed by atoms with Gasteiger partial charge in [-0.25, -0.2) is 0 Å². The highest BCUT2D eigenvalue weighted by Gasteiger charge is 2.28. The first-order chi connectivity index (χ1) is 16.3. The Morgan fingerprint density at radius 3 is 2.56 bits per heavy atom. The van der Waals surface area contributed by atoms with E-state index in [4.69, 9.17) is 16.9 Å². The summed E-state index contributed by atoms with van der Waals surface area (Å²) in [5.74, 6) is 0.0152. The maximum atomic E-state index is 12.7. The summed E-state index contributed by atoms with van der Waals surface area (Å²) >= 11 is 6.35. The number of hydrogen-bond donors (Lipinski definition) is 2. The normalized spacial score (nSPS) is 16.3. The molecule has 8 heteroatoms. The summed E-state index contributed by atoms with van der Waals surface area (Å²) in [6.45, 7) is 3.36. The van der Waals surface area contributed by atoms with Crippen molar-refractivity contribution in [3.63, 3.8) is 0 Å². The lowest BCUT2D eigenvalue weighted by Crippen LogP contribution is -2.39. The van der Waals surface area contributed by atoms with Crippen molar-refractivity contribution < 1.29 is 9.59 Å². The molecular weight excluding hydrogens is 452 g/mol. The molecule has 1 aromatic heterocycles. The molecular formula is C26H27ClN4O3. The number of pyridine rings is 1. The Morgan fingerprint density at radius 1 is 1.18 bits per heavy atom. The zero-order valence-corrected chi connectivity index (χ0v) is 19.9. The van der Waals surface area contributed by atoms with Crippen molar-refractivity contribution in [2.75, 3.05) is 18.4 Å². The first-order valence-electron chi connectivity index (χ1n) is 11.6. The zero-order chi connectivity index (χ0) is 24.2. The molecule has 1 saturated carbocycles. The fraction of sp³-hybridized carbons (Fsp3) is 0.385. The van der Waals surface area contributed by atoms with Crippen LogP contribution in [0, 0.1) is 24.2 Å². The fourth-order valence-corrected chi connectivity index (χ4v) is 4.95. The number of benzene rings is 1. The van der Waals surface area contributed by atoms with E-state index in [-0.39, 0.29) is 17.2 Å². The van der Waals surface area contributed by atoms with Gasteiger partial charge in [0.05, 0.1) is 0 Å². The number of nitrogens with zero attached hydrogens (tertiary/aromatic N) is 2. The number of anilines is 1. The summed E-state index contributed by atoms with van der Waals surface area (Å²) in [7, 11) is 0. The monoisotopic (exact) mass is 478 g/mol. The van der Waals surface area contributed by atoms with Crippen LogP contribution in [0.15, 0.2) is 34.6 Å². The van der Waals surface area contributed by atoms with Gasteiger partial charge in [-0.3, -0.25) is 14.4 Å². The maximum absolute atomic E-state index is 12.7. The third-order valence-electron chi connectivity index (χ3n) is 6.67. The van der Waals surface area contributed by atoms with Crippen LogP contribution >= 0.6 is 11.6 Å². The number of hydrogen-bond acceptors (Lipinski definition) is 4. The molecule has 7 nitrogen and oxygen atoms in total. The van der Waals surface area contributed by atoms with Crippen LogP contribution in [0.2, 0.25) is 5.02 Å². The first-order valence-corrected chi connectivity index (χ1v) is 12.0. The second kappa shape index (κ2) is 10.3. The van der Waals surface area contributed by atoms with Crippen molar-refractivity contribution in [1.82, 2.24) is 9.88 Å². The average Bonchev–Trinajstić information content (AvgIpc) is 3.36. The zero-order valence-electron chi connectivity index (χ0n) is 19.1. The van der Waals surface area contributed by atoms with Crippen molar-refractivity contribution >= 4 is 35.2 Å². The van der Waals surface area contributed by atoms with Crippen LogP contribution in [0.5, 0.6) is 0 Å². The standard InChI is InChI=1S/C26H27ClN4O3/c1-16-19(10-17-6-8-31(9-7-17)26(34)18-4-2-3-5-18)11-21(27)14-23(16)30-25(33)20-12-22(15-28)29-24(32)13-20/h10-14,18H,2-9H2,1H3,(H,29,32)(H,30,33). The molecule has 176 valence electrons. The summed E-state index contributed by atoms with van der Waals surface area (Å²) in [5.41, 5.74) is 3.12. The molecule has 4 rings (SSSR count). The lowest BCUT2D eigenvalue weighted by molar-refractivity contribution is -0.135. The van der Waals surface area contributed by atoms with Gasteiger partial charge >= 0.3 is 0 Å². The highest BCUT2D eigenvalue weighted by Crippen LogP contribution is 2.31. The van der Waals surface area contributed by atoms with Gasteiger partial charge in [-0.15, -0.1) is 0 Å². The number of piperidine rings is 1. The minimum absolute atomic E-state index is 0.0173. The Balaban J connectivity index is 1.48. The summed E-state index contributed by atoms with van der Waals surface area (Å²) in [4.78, 5) is 41.5. The van der Waals surface area contributed by atoms with Crippen molar-refractivity contribution in [2.45, 2.75) is 45.4 Å². The van der Waals surface area contributed by atoms with E-state index in [1.54, 1.807) is 6.07 Å². The molecule has 34 heavy (non-hydrogen) atoms. The van der Waals surface area contributed by atoms with E-state index in [1.165, 1.54) is 11.6 Å². The SMILES string of the molecule is Cc1c(C=C2CCN(C(=O)C3CCCC3)CC2)cc(Cl)cc1NC(=O)c1cc(C#N)[nH]c(=O)c1. The largest absolute Gasteiger partial charge is 0.342 e. The van der Waals surface area contributed by atoms with Crippen molar-refractivity contribution in [2.24, 2.45) is 5.92 Å². The van der Waals surface area contributed by atoms with Crippen molar-refractivity contribution in [3.8, 4) is 6.07 Å². The first kappa shape index (κ1) is 23.8. The molecule has 0 unspecified atom stereocenters. The number of carbonyl (C=O) groups is 2. The Kier molecular flexibility index (Phi) is 7.18. The van der Waals surface area contributed by atoms with Gasteiger partial charge < -0.3 is 15.2 Å². The van der Waals surface area contributed by atoms with Crippen LogP contribution in [0.25, 0.3) is 6.08 Å². The highest BCUT2D eigenvalue weighted by molar-refractivity contribution is 6.31. The number of halogens is 1. The quantitative estimate of drug-likeness (QED) is 0.666. The smallest absolute Gasteiger partial charge is 0.255 e. The Hall–Kier alpha value is -3.37. The number of nitriles is 1. The lowest BCUT2D eigenvalue weighted by atomic mass is 9.96. The van der Waals surface area contributed by atoms with Gasteiger partial charge in [-0.1, -0.05) is 36.1 Å². The van der Waals surface area contributed by atoms with Gasteiger partial charge in [0.2, 0.25) is 11.5 Å². The van der Waals surface area contributed by atoms with Gasteiger partial charge in [0, 0.05) is 41.3 Å². The molecule has 2 aromatic rings. The third-order valence-corrected chi connectivity index (χ3v) is 6.89. The summed E-state index contributed by atoms with van der Waals surface area (Å²) < 4.78 is 0. The number of H-pyrrole nitrogens is 1. The molecule has 2 aliphatic rings. The Morgan fingerprint density at radius 2 is 1.88 bits per heavy atom. The van der Waals surface area contributed by atoms with E-state index in [1.807, 2.05) is 24.0 Å².